The molecule has 0 N–H and O–H groups in total. The maximum atomic E-state index is 12.5. The Labute approximate surface area is 99.3 Å². The minimum Gasteiger partial charge on any atom is -0.361 e. The highest BCUT2D eigenvalue weighted by Gasteiger charge is 2.39. The van der Waals surface area contributed by atoms with Gasteiger partial charge in [-0.25, -0.2) is 0 Å². The van der Waals surface area contributed by atoms with Crippen molar-refractivity contribution in [1.82, 2.24) is 5.16 Å². The van der Waals surface area contributed by atoms with Gasteiger partial charge in [-0.05, 0) is 12.8 Å². The average molecular weight is 298 g/mol. The van der Waals surface area contributed by atoms with Gasteiger partial charge < -0.3 is 4.52 Å². The van der Waals surface area contributed by atoms with Crippen molar-refractivity contribution >= 4 is 15.9 Å². The summed E-state index contributed by atoms with van der Waals surface area (Å²) in [7, 11) is 0. The summed E-state index contributed by atoms with van der Waals surface area (Å²) < 4.78 is 42.5. The van der Waals surface area contributed by atoms with Crippen LogP contribution in [0.4, 0.5) is 13.2 Å². The van der Waals surface area contributed by atoms with Gasteiger partial charge in [0, 0.05) is 23.7 Å². The largest absolute Gasteiger partial charge is 0.392 e. The van der Waals surface area contributed by atoms with Crippen LogP contribution in [0.2, 0.25) is 0 Å². The summed E-state index contributed by atoms with van der Waals surface area (Å²) >= 11 is 2.88. The van der Waals surface area contributed by atoms with E-state index in [4.69, 9.17) is 4.52 Å². The van der Waals surface area contributed by atoms with Crippen molar-refractivity contribution in [3.8, 4) is 0 Å². The lowest BCUT2D eigenvalue weighted by Gasteiger charge is -2.15. The van der Waals surface area contributed by atoms with Crippen LogP contribution >= 0.6 is 15.9 Å². The Balaban J connectivity index is 2.01. The summed E-state index contributed by atoms with van der Waals surface area (Å²) in [4.78, 5) is 0. The second-order valence-electron chi connectivity index (χ2n) is 4.09. The molecule has 90 valence electrons. The molecule has 16 heavy (non-hydrogen) atoms. The zero-order valence-corrected chi connectivity index (χ0v) is 10.0. The normalized spacial score (nSPS) is 18.8. The fourth-order valence-corrected chi connectivity index (χ4v) is 2.09. The van der Waals surface area contributed by atoms with E-state index in [0.717, 1.165) is 18.6 Å². The van der Waals surface area contributed by atoms with E-state index in [1.165, 1.54) is 0 Å². The number of aromatic nitrogens is 1. The fraction of sp³-hybridized carbons (Fsp3) is 0.700. The molecule has 1 aromatic rings. The molecule has 0 aromatic carbocycles. The first kappa shape index (κ1) is 12.0. The molecule has 0 aliphatic heterocycles. The summed E-state index contributed by atoms with van der Waals surface area (Å²) in [6.07, 6.45) is -2.21. The van der Waals surface area contributed by atoms with E-state index in [9.17, 15) is 13.2 Å². The average Bonchev–Trinajstić information content (AvgIpc) is 2.94. The summed E-state index contributed by atoms with van der Waals surface area (Å²) in [5, 5.41) is 3.57. The van der Waals surface area contributed by atoms with Crippen LogP contribution in [0.3, 0.4) is 0 Å². The van der Waals surface area contributed by atoms with Crippen LogP contribution in [-0.4, -0.2) is 16.7 Å². The Morgan fingerprint density at radius 3 is 2.69 bits per heavy atom. The molecular weight excluding hydrogens is 287 g/mol. The van der Waals surface area contributed by atoms with Gasteiger partial charge in [0.2, 0.25) is 0 Å². The zero-order valence-electron chi connectivity index (χ0n) is 8.43. The summed E-state index contributed by atoms with van der Waals surface area (Å²) in [6, 6.07) is 1.65. The van der Waals surface area contributed by atoms with Crippen molar-refractivity contribution in [1.29, 1.82) is 0 Å². The number of rotatable bonds is 4. The highest BCUT2D eigenvalue weighted by Crippen LogP contribution is 2.40. The Bertz CT molecular complexity index is 359. The molecule has 1 atom stereocenters. The molecule has 1 fully saturated rings. The zero-order chi connectivity index (χ0) is 11.8. The van der Waals surface area contributed by atoms with Crippen molar-refractivity contribution in [2.45, 2.75) is 31.4 Å². The van der Waals surface area contributed by atoms with Crippen LogP contribution < -0.4 is 0 Å². The molecule has 6 heteroatoms. The third kappa shape index (κ3) is 2.78. The molecule has 1 aliphatic carbocycles. The lowest BCUT2D eigenvalue weighted by atomic mass is 10.1. The lowest BCUT2D eigenvalue weighted by Crippen LogP contribution is -2.26. The molecule has 1 saturated carbocycles. The van der Waals surface area contributed by atoms with E-state index in [1.807, 2.05) is 0 Å². The molecule has 0 radical (unpaired) electrons. The topological polar surface area (TPSA) is 26.0 Å². The minimum atomic E-state index is -4.19. The number of halogens is 4. The standard InChI is InChI=1S/C10H11BrF3NO/c11-5-7(10(12,13)14)3-8-4-9(16-15-8)6-1-2-6/h4,6-7H,1-3,5H2. The third-order valence-corrected chi connectivity index (χ3v) is 3.44. The molecule has 2 nitrogen and oxygen atoms in total. The van der Waals surface area contributed by atoms with Gasteiger partial charge in [-0.2, -0.15) is 13.2 Å². The van der Waals surface area contributed by atoms with Gasteiger partial charge in [0.05, 0.1) is 11.6 Å². The number of hydrogen-bond donors (Lipinski definition) is 0. The number of hydrogen-bond acceptors (Lipinski definition) is 2. The van der Waals surface area contributed by atoms with E-state index in [2.05, 4.69) is 21.1 Å². The van der Waals surface area contributed by atoms with E-state index in [0.29, 0.717) is 11.6 Å². The van der Waals surface area contributed by atoms with E-state index < -0.39 is 12.1 Å². The molecule has 0 amide bonds. The molecule has 0 saturated heterocycles. The number of nitrogens with zero attached hydrogens (tertiary/aromatic N) is 1. The van der Waals surface area contributed by atoms with Crippen molar-refractivity contribution in [2.75, 3.05) is 5.33 Å². The van der Waals surface area contributed by atoms with Crippen LogP contribution in [0.25, 0.3) is 0 Å². The molecule has 0 bridgehead atoms. The molecule has 1 aromatic heterocycles. The van der Waals surface area contributed by atoms with Crippen LogP contribution in [0, 0.1) is 5.92 Å². The highest BCUT2D eigenvalue weighted by molar-refractivity contribution is 9.09. The van der Waals surface area contributed by atoms with Crippen molar-refractivity contribution in [3.05, 3.63) is 17.5 Å². The smallest absolute Gasteiger partial charge is 0.361 e. The predicted octanol–water partition coefficient (Wildman–Crippen LogP) is 3.67. The van der Waals surface area contributed by atoms with Gasteiger partial charge in [-0.15, -0.1) is 0 Å². The van der Waals surface area contributed by atoms with Gasteiger partial charge in [-0.3, -0.25) is 0 Å². The Morgan fingerprint density at radius 1 is 1.50 bits per heavy atom. The first-order chi connectivity index (χ1) is 7.50. The fourth-order valence-electron chi connectivity index (χ4n) is 1.49. The summed E-state index contributed by atoms with van der Waals surface area (Å²) in [5.74, 6) is -0.287. The minimum absolute atomic E-state index is 0.109. The van der Waals surface area contributed by atoms with Crippen molar-refractivity contribution in [2.24, 2.45) is 5.92 Å². The van der Waals surface area contributed by atoms with Gasteiger partial charge in [0.1, 0.15) is 5.76 Å². The van der Waals surface area contributed by atoms with Crippen LogP contribution in [0.15, 0.2) is 10.6 Å². The Morgan fingerprint density at radius 2 is 2.19 bits per heavy atom. The van der Waals surface area contributed by atoms with Crippen molar-refractivity contribution < 1.29 is 17.7 Å². The van der Waals surface area contributed by atoms with Crippen molar-refractivity contribution in [3.63, 3.8) is 0 Å². The van der Waals surface area contributed by atoms with Crippen LogP contribution in [0.5, 0.6) is 0 Å². The Hall–Kier alpha value is -0.520. The van der Waals surface area contributed by atoms with Gasteiger partial charge in [0.15, 0.2) is 0 Å². The van der Waals surface area contributed by atoms with Gasteiger partial charge in [0.25, 0.3) is 0 Å². The molecule has 1 aliphatic rings. The molecule has 1 heterocycles. The lowest BCUT2D eigenvalue weighted by molar-refractivity contribution is -0.167. The second kappa shape index (κ2) is 4.39. The number of alkyl halides is 4. The molecule has 2 rings (SSSR count). The van der Waals surface area contributed by atoms with E-state index >= 15 is 0 Å². The Kier molecular flexibility index (Phi) is 3.28. The quantitative estimate of drug-likeness (QED) is 0.793. The van der Waals surface area contributed by atoms with E-state index in [1.54, 1.807) is 6.07 Å². The predicted molar refractivity (Wildman–Crippen MR) is 55.5 cm³/mol. The second-order valence-corrected chi connectivity index (χ2v) is 4.74. The SMILES string of the molecule is FC(F)(F)C(CBr)Cc1cc(C2CC2)on1. The van der Waals surface area contributed by atoms with Gasteiger partial charge >= 0.3 is 6.18 Å². The maximum Gasteiger partial charge on any atom is 0.392 e. The summed E-state index contributed by atoms with van der Waals surface area (Å²) in [5.41, 5.74) is 0.392. The first-order valence-corrected chi connectivity index (χ1v) is 6.21. The maximum absolute atomic E-state index is 12.5. The molecule has 0 spiro atoms. The highest BCUT2D eigenvalue weighted by atomic mass is 79.9. The first-order valence-electron chi connectivity index (χ1n) is 5.09. The van der Waals surface area contributed by atoms with Gasteiger partial charge in [-0.1, -0.05) is 21.1 Å². The molecule has 1 unspecified atom stereocenters. The summed E-state index contributed by atoms with van der Waals surface area (Å²) in [6.45, 7) is 0. The third-order valence-electron chi connectivity index (χ3n) is 2.66. The van der Waals surface area contributed by atoms with Crippen LogP contribution in [-0.2, 0) is 6.42 Å². The van der Waals surface area contributed by atoms with E-state index in [-0.39, 0.29) is 11.8 Å². The van der Waals surface area contributed by atoms with Crippen LogP contribution in [0.1, 0.15) is 30.2 Å². The monoisotopic (exact) mass is 297 g/mol. The molecular formula is C10H11BrF3NO.